The van der Waals surface area contributed by atoms with E-state index < -0.39 is 0 Å². The van der Waals surface area contributed by atoms with E-state index in [1.165, 1.54) is 5.56 Å². The molecule has 2 nitrogen and oxygen atoms in total. The first-order valence-electron chi connectivity index (χ1n) is 5.47. The molecular formula is C14H20N2. The lowest BCUT2D eigenvalue weighted by atomic mass is 10.1. The number of benzene rings is 1. The molecule has 0 atom stereocenters. The second-order valence-corrected chi connectivity index (χ2v) is 4.53. The van der Waals surface area contributed by atoms with E-state index in [0.717, 1.165) is 11.5 Å². The average molecular weight is 216 g/mol. The van der Waals surface area contributed by atoms with Gasteiger partial charge in [-0.2, -0.15) is 0 Å². The number of amidine groups is 1. The summed E-state index contributed by atoms with van der Waals surface area (Å²) in [5.41, 5.74) is 2.06. The van der Waals surface area contributed by atoms with Gasteiger partial charge in [0.2, 0.25) is 0 Å². The molecule has 1 aromatic rings. The molecule has 1 aromatic carbocycles. The smallest absolute Gasteiger partial charge is 0.0997 e. The standard InChI is InChI=1S/C14H20N2/c1-6-14(4,5)16-12(3)15-13-10-8-7-9-11(13)2/h6-10H,1H2,2-5H3,(H,15,16). The number of rotatable bonds is 3. The molecule has 0 spiro atoms. The zero-order valence-electron chi connectivity index (χ0n) is 10.5. The van der Waals surface area contributed by atoms with E-state index in [2.05, 4.69) is 43.7 Å². The Balaban J connectivity index is 2.86. The van der Waals surface area contributed by atoms with Crippen LogP contribution in [0.25, 0.3) is 0 Å². The summed E-state index contributed by atoms with van der Waals surface area (Å²) in [4.78, 5) is 4.55. The van der Waals surface area contributed by atoms with Crippen molar-refractivity contribution in [2.75, 3.05) is 0 Å². The third-order valence-electron chi connectivity index (χ3n) is 2.42. The largest absolute Gasteiger partial charge is 0.365 e. The molecule has 0 amide bonds. The van der Waals surface area contributed by atoms with Gasteiger partial charge in [0.05, 0.1) is 17.1 Å². The molecule has 1 N–H and O–H groups in total. The molecule has 0 saturated heterocycles. The van der Waals surface area contributed by atoms with E-state index in [0.29, 0.717) is 0 Å². The van der Waals surface area contributed by atoms with Gasteiger partial charge in [0.25, 0.3) is 0 Å². The van der Waals surface area contributed by atoms with Crippen LogP contribution >= 0.6 is 0 Å². The van der Waals surface area contributed by atoms with Crippen molar-refractivity contribution in [3.05, 3.63) is 42.5 Å². The first-order chi connectivity index (χ1) is 7.44. The minimum absolute atomic E-state index is 0.129. The van der Waals surface area contributed by atoms with Gasteiger partial charge in [-0.05, 0) is 39.3 Å². The molecule has 0 saturated carbocycles. The van der Waals surface area contributed by atoms with E-state index in [1.54, 1.807) is 0 Å². The minimum Gasteiger partial charge on any atom is -0.365 e. The van der Waals surface area contributed by atoms with Crippen molar-refractivity contribution in [2.24, 2.45) is 4.99 Å². The van der Waals surface area contributed by atoms with Gasteiger partial charge < -0.3 is 5.32 Å². The SMILES string of the molecule is C=CC(C)(C)N/C(C)=N/c1ccccc1C. The van der Waals surface area contributed by atoms with Crippen LogP contribution < -0.4 is 5.32 Å². The van der Waals surface area contributed by atoms with Gasteiger partial charge in [-0.15, -0.1) is 6.58 Å². The van der Waals surface area contributed by atoms with Gasteiger partial charge in [-0.3, -0.25) is 0 Å². The van der Waals surface area contributed by atoms with Gasteiger partial charge in [-0.25, -0.2) is 4.99 Å². The van der Waals surface area contributed by atoms with Crippen LogP contribution in [-0.4, -0.2) is 11.4 Å². The molecule has 86 valence electrons. The quantitative estimate of drug-likeness (QED) is 0.466. The fourth-order valence-corrected chi connectivity index (χ4v) is 1.41. The fraction of sp³-hybridized carbons (Fsp3) is 0.357. The lowest BCUT2D eigenvalue weighted by Gasteiger charge is -2.22. The zero-order valence-corrected chi connectivity index (χ0v) is 10.5. The first kappa shape index (κ1) is 12.5. The lowest BCUT2D eigenvalue weighted by Crippen LogP contribution is -2.40. The Labute approximate surface area is 98.1 Å². The Kier molecular flexibility index (Phi) is 3.88. The summed E-state index contributed by atoms with van der Waals surface area (Å²) in [6.07, 6.45) is 1.88. The zero-order chi connectivity index (χ0) is 12.2. The summed E-state index contributed by atoms with van der Waals surface area (Å²) in [5.74, 6) is 0.902. The minimum atomic E-state index is -0.129. The first-order valence-corrected chi connectivity index (χ1v) is 5.47. The maximum atomic E-state index is 4.55. The van der Waals surface area contributed by atoms with Crippen LogP contribution in [-0.2, 0) is 0 Å². The predicted molar refractivity (Wildman–Crippen MR) is 71.4 cm³/mol. The van der Waals surface area contributed by atoms with Crippen LogP contribution in [0.1, 0.15) is 26.3 Å². The van der Waals surface area contributed by atoms with Crippen molar-refractivity contribution in [1.82, 2.24) is 5.32 Å². The van der Waals surface area contributed by atoms with Crippen LogP contribution in [0.15, 0.2) is 41.9 Å². The summed E-state index contributed by atoms with van der Waals surface area (Å²) in [6, 6.07) is 8.09. The number of nitrogens with one attached hydrogen (secondary N) is 1. The van der Waals surface area contributed by atoms with E-state index in [4.69, 9.17) is 0 Å². The highest BCUT2D eigenvalue weighted by Gasteiger charge is 2.11. The Morgan fingerprint density at radius 1 is 1.38 bits per heavy atom. The van der Waals surface area contributed by atoms with Gasteiger partial charge in [0, 0.05) is 0 Å². The number of aliphatic imine (C=N–C) groups is 1. The number of hydrogen-bond acceptors (Lipinski definition) is 1. The van der Waals surface area contributed by atoms with E-state index in [9.17, 15) is 0 Å². The Morgan fingerprint density at radius 3 is 2.56 bits per heavy atom. The van der Waals surface area contributed by atoms with E-state index >= 15 is 0 Å². The molecule has 2 heteroatoms. The summed E-state index contributed by atoms with van der Waals surface area (Å²) in [6.45, 7) is 12.0. The second-order valence-electron chi connectivity index (χ2n) is 4.53. The molecule has 0 aliphatic rings. The van der Waals surface area contributed by atoms with Crippen molar-refractivity contribution in [1.29, 1.82) is 0 Å². The van der Waals surface area contributed by atoms with Gasteiger partial charge in [0.15, 0.2) is 0 Å². The van der Waals surface area contributed by atoms with Gasteiger partial charge >= 0.3 is 0 Å². The molecular weight excluding hydrogens is 196 g/mol. The molecule has 0 radical (unpaired) electrons. The molecule has 0 aliphatic carbocycles. The molecule has 1 rings (SSSR count). The normalized spacial score (nSPS) is 12.4. The molecule has 0 aromatic heterocycles. The monoisotopic (exact) mass is 216 g/mol. The number of hydrogen-bond donors (Lipinski definition) is 1. The van der Waals surface area contributed by atoms with E-state index in [1.807, 2.05) is 31.2 Å². The predicted octanol–water partition coefficient (Wildman–Crippen LogP) is 3.60. The van der Waals surface area contributed by atoms with Crippen molar-refractivity contribution in [3.8, 4) is 0 Å². The van der Waals surface area contributed by atoms with Crippen LogP contribution in [0.5, 0.6) is 0 Å². The molecule has 0 heterocycles. The lowest BCUT2D eigenvalue weighted by molar-refractivity contribution is 0.576. The highest BCUT2D eigenvalue weighted by molar-refractivity contribution is 5.83. The van der Waals surface area contributed by atoms with Crippen molar-refractivity contribution < 1.29 is 0 Å². The summed E-state index contributed by atoms with van der Waals surface area (Å²) in [7, 11) is 0. The van der Waals surface area contributed by atoms with Crippen molar-refractivity contribution >= 4 is 11.5 Å². The maximum absolute atomic E-state index is 4.55. The van der Waals surface area contributed by atoms with Crippen LogP contribution in [0, 0.1) is 6.92 Å². The molecule has 0 unspecified atom stereocenters. The Bertz CT molecular complexity index is 403. The topological polar surface area (TPSA) is 24.4 Å². The summed E-state index contributed by atoms with van der Waals surface area (Å²) >= 11 is 0. The molecule has 0 aliphatic heterocycles. The van der Waals surface area contributed by atoms with Crippen molar-refractivity contribution in [2.45, 2.75) is 33.2 Å². The van der Waals surface area contributed by atoms with Crippen LogP contribution in [0.3, 0.4) is 0 Å². The molecule has 16 heavy (non-hydrogen) atoms. The number of para-hydroxylation sites is 1. The molecule has 0 bridgehead atoms. The number of nitrogens with zero attached hydrogens (tertiary/aromatic N) is 1. The van der Waals surface area contributed by atoms with Crippen LogP contribution in [0.2, 0.25) is 0 Å². The average Bonchev–Trinajstić information content (AvgIpc) is 2.21. The van der Waals surface area contributed by atoms with Gasteiger partial charge in [-0.1, -0.05) is 24.3 Å². The van der Waals surface area contributed by atoms with Crippen LogP contribution in [0.4, 0.5) is 5.69 Å². The summed E-state index contributed by atoms with van der Waals surface area (Å²) < 4.78 is 0. The highest BCUT2D eigenvalue weighted by Crippen LogP contribution is 2.17. The fourth-order valence-electron chi connectivity index (χ4n) is 1.41. The Hall–Kier alpha value is -1.57. The Morgan fingerprint density at radius 2 is 2.00 bits per heavy atom. The third-order valence-corrected chi connectivity index (χ3v) is 2.42. The highest BCUT2D eigenvalue weighted by atomic mass is 15.0. The maximum Gasteiger partial charge on any atom is 0.0997 e. The summed E-state index contributed by atoms with van der Waals surface area (Å²) in [5, 5.41) is 3.31. The third kappa shape index (κ3) is 3.54. The number of aryl methyl sites for hydroxylation is 1. The van der Waals surface area contributed by atoms with Crippen molar-refractivity contribution in [3.63, 3.8) is 0 Å². The van der Waals surface area contributed by atoms with E-state index in [-0.39, 0.29) is 5.54 Å². The van der Waals surface area contributed by atoms with Gasteiger partial charge in [0.1, 0.15) is 0 Å². The second kappa shape index (κ2) is 4.97. The molecule has 0 fully saturated rings.